The molecule has 19 rings (SSSR count). The van der Waals surface area contributed by atoms with E-state index >= 15 is 0 Å². The molecule has 16 aromatic rings. The summed E-state index contributed by atoms with van der Waals surface area (Å²) in [7, 11) is 8.05. The zero-order valence-corrected chi connectivity index (χ0v) is 67.0. The smallest absolute Gasteiger partial charge is 0.159 e. The van der Waals surface area contributed by atoms with Gasteiger partial charge >= 0.3 is 0 Å². The van der Waals surface area contributed by atoms with Crippen LogP contribution in [0, 0.1) is 50.7 Å². The third-order valence-corrected chi connectivity index (χ3v) is 24.3. The van der Waals surface area contributed by atoms with Crippen molar-refractivity contribution in [2.45, 2.75) is 141 Å². The summed E-state index contributed by atoms with van der Waals surface area (Å²) in [5, 5.41) is 44.9. The maximum absolute atomic E-state index is 9.31. The summed E-state index contributed by atoms with van der Waals surface area (Å²) in [6.07, 6.45) is 14.1. The number of benzene rings is 12. The Morgan fingerprint density at radius 3 is 0.965 bits per heavy atom. The van der Waals surface area contributed by atoms with Crippen LogP contribution >= 0.6 is 0 Å². The normalized spacial score (nSPS) is 15.7. The molecule has 3 saturated carbocycles. The van der Waals surface area contributed by atoms with Crippen molar-refractivity contribution in [1.82, 2.24) is 0 Å². The Morgan fingerprint density at radius 2 is 0.617 bits per heavy atom. The molecule has 3 aliphatic rings. The van der Waals surface area contributed by atoms with Crippen molar-refractivity contribution < 1.29 is 21.8 Å². The number of nitrogens with zero attached hydrogens (tertiary/aromatic N) is 8. The molecule has 12 heteroatoms. The van der Waals surface area contributed by atoms with Gasteiger partial charge in [0.05, 0.1) is 69.3 Å². The van der Waals surface area contributed by atoms with Gasteiger partial charge in [-0.1, -0.05) is 188 Å². The van der Waals surface area contributed by atoms with Gasteiger partial charge in [0.15, 0.2) is 22.3 Å². The second-order valence-electron chi connectivity index (χ2n) is 32.3. The lowest BCUT2D eigenvalue weighted by Crippen LogP contribution is -2.20. The fourth-order valence-electron chi connectivity index (χ4n) is 17.5. The molecule has 115 heavy (non-hydrogen) atoms. The molecule has 0 saturated heterocycles. The number of para-hydroxylation sites is 8. The van der Waals surface area contributed by atoms with Crippen LogP contribution < -0.4 is 19.6 Å². The van der Waals surface area contributed by atoms with Crippen LogP contribution in [0.3, 0.4) is 0 Å². The first-order chi connectivity index (χ1) is 56.9. The van der Waals surface area contributed by atoms with Gasteiger partial charge in [-0.2, -0.15) is 21.0 Å². The van der Waals surface area contributed by atoms with Crippen LogP contribution in [0.5, 0.6) is 0 Å². The molecule has 0 amide bonds. The van der Waals surface area contributed by atoms with Crippen molar-refractivity contribution in [1.29, 1.82) is 21.0 Å². The summed E-state index contributed by atoms with van der Waals surface area (Å²) >= 11 is 0. The number of fused-ring (bicyclic) bond motifs is 12. The maximum Gasteiger partial charge on any atom is 0.159 e. The van der Waals surface area contributed by atoms with Crippen molar-refractivity contribution >= 4 is 133 Å². The second-order valence-corrected chi connectivity index (χ2v) is 32.3. The number of hydrogen-bond donors (Lipinski definition) is 0. The Kier molecular flexibility index (Phi) is 20.3. The maximum atomic E-state index is 9.31. The summed E-state index contributed by atoms with van der Waals surface area (Å²) in [5.41, 5.74) is 22.2. The van der Waals surface area contributed by atoms with Crippen molar-refractivity contribution in [3.8, 4) is 24.3 Å². The zero-order valence-electron chi connectivity index (χ0n) is 70.0. The van der Waals surface area contributed by atoms with Gasteiger partial charge in [-0.15, -0.1) is 0 Å². The van der Waals surface area contributed by atoms with Crippen LogP contribution in [0.2, 0.25) is 0 Å². The van der Waals surface area contributed by atoms with E-state index in [1.54, 1.807) is 0 Å². The minimum atomic E-state index is -0.743. The Labute approximate surface area is 678 Å². The van der Waals surface area contributed by atoms with Gasteiger partial charge in [0.25, 0.3) is 0 Å². The quantitative estimate of drug-likeness (QED) is 0.114. The summed E-state index contributed by atoms with van der Waals surface area (Å²) in [6.45, 7) is 10.7. The highest BCUT2D eigenvalue weighted by molar-refractivity contribution is 6.14. The monoisotopic (exact) mass is 1510 g/mol. The molecule has 12 nitrogen and oxygen atoms in total. The first-order valence-corrected chi connectivity index (χ1v) is 40.2. The highest BCUT2D eigenvalue weighted by atomic mass is 16.3. The van der Waals surface area contributed by atoms with Gasteiger partial charge in [0.1, 0.15) is 22.3 Å². The van der Waals surface area contributed by atoms with Gasteiger partial charge in [-0.25, -0.2) is 0 Å². The van der Waals surface area contributed by atoms with Crippen molar-refractivity contribution in [2.75, 3.05) is 47.8 Å². The highest BCUT2D eigenvalue weighted by Gasteiger charge is 2.35. The first-order valence-electron chi connectivity index (χ1n) is 41.7. The topological polar surface area (TPSA) is 161 Å². The van der Waals surface area contributed by atoms with E-state index in [-0.39, 0.29) is 5.41 Å². The Balaban J connectivity index is 0.000000118. The van der Waals surface area contributed by atoms with Crippen LogP contribution in [-0.4, -0.2) is 28.2 Å². The van der Waals surface area contributed by atoms with Crippen LogP contribution in [0.1, 0.15) is 184 Å². The van der Waals surface area contributed by atoms with Crippen molar-refractivity contribution in [3.63, 3.8) is 0 Å². The lowest BCUT2D eigenvalue weighted by Gasteiger charge is -2.34. The van der Waals surface area contributed by atoms with Gasteiger partial charge < -0.3 is 37.3 Å². The Morgan fingerprint density at radius 1 is 0.330 bits per heavy atom. The van der Waals surface area contributed by atoms with E-state index in [0.717, 1.165) is 196 Å². The highest BCUT2D eigenvalue weighted by Crippen LogP contribution is 2.50. The summed E-state index contributed by atoms with van der Waals surface area (Å²) < 4.78 is 52.8. The van der Waals surface area contributed by atoms with E-state index in [0.29, 0.717) is 27.7 Å². The van der Waals surface area contributed by atoms with E-state index < -0.39 is 17.7 Å². The molecule has 0 unspecified atom stereocenters. The Hall–Kier alpha value is -13.0. The molecule has 4 aromatic heterocycles. The average molecular weight is 1510 g/mol. The standard InChI is InChI=1S/C28H28N2O.2C26H24N2O.C23H20N2O/c1-28(2)16-14-20(15-17-28)22-6-4-7-23-24-8-5-9-25(27(24)31-26(22)23)30(3)21-12-10-19(18-29)11-13-21;1-26(15-3-4-16-26)22-9-5-7-20-21-8-6-10-23(25(21)29-24(20)22)28(2)19-13-11-18(17-27)12-14-19;1-28(20-15-13-18(17-27)14-16-20)24-12-6-11-23-22-10-5-9-21(25(22)29-26(23)24)19-7-3-2-4-8-19;1-15(2)18-6-4-7-19-20-8-5-9-21(23(20)26-22(18)19)25(3)17-12-10-16(14-24)11-13-17/h4-13,20H,14-17H2,1-3H3;5-14H,3-4,15-16H2,1-2H3;5-6,9-16,19H,2-4,7-8H2,1H3;4-13,15H,1-3H3/i20D;;19D;15D. The van der Waals surface area contributed by atoms with Gasteiger partial charge in [-0.3, -0.25) is 0 Å². The summed E-state index contributed by atoms with van der Waals surface area (Å²) in [4.78, 5) is 8.36. The molecule has 4 heterocycles. The van der Waals surface area contributed by atoms with Gasteiger partial charge in [0, 0.05) is 104 Å². The van der Waals surface area contributed by atoms with E-state index in [1.807, 2.05) is 169 Å². The molecule has 0 radical (unpaired) electrons. The Bertz CT molecular complexity index is 6620. The zero-order chi connectivity index (χ0) is 82.4. The van der Waals surface area contributed by atoms with Crippen LogP contribution in [0.15, 0.2) is 260 Å². The molecule has 572 valence electrons. The van der Waals surface area contributed by atoms with Crippen molar-refractivity contribution in [2.24, 2.45) is 5.41 Å². The fraction of sp³-hybridized carbons (Fsp3) is 0.262. The summed E-state index contributed by atoms with van der Waals surface area (Å²) in [5.74, 6) is -1.92. The molecule has 3 aliphatic carbocycles. The van der Waals surface area contributed by atoms with Crippen LogP contribution in [0.4, 0.5) is 45.5 Å². The van der Waals surface area contributed by atoms with Gasteiger partial charge in [0.2, 0.25) is 0 Å². The summed E-state index contributed by atoms with van der Waals surface area (Å²) in [6, 6.07) is 88.9. The number of rotatable bonds is 12. The number of hydrogen-bond acceptors (Lipinski definition) is 12. The third-order valence-electron chi connectivity index (χ3n) is 24.3. The third kappa shape index (κ3) is 14.9. The molecule has 0 atom stereocenters. The van der Waals surface area contributed by atoms with Gasteiger partial charge in [-0.05, 0) is 218 Å². The number of furan rings is 4. The van der Waals surface area contributed by atoms with Crippen molar-refractivity contribution in [3.05, 3.63) is 287 Å². The van der Waals surface area contributed by atoms with Crippen LogP contribution in [-0.2, 0) is 5.41 Å². The van der Waals surface area contributed by atoms with E-state index in [1.165, 1.54) is 43.1 Å². The van der Waals surface area contributed by atoms with E-state index in [4.69, 9.17) is 41.5 Å². The largest absolute Gasteiger partial charge is 0.454 e. The molecule has 0 spiro atoms. The number of nitriles is 4. The predicted molar refractivity (Wildman–Crippen MR) is 472 cm³/mol. The van der Waals surface area contributed by atoms with E-state index in [2.05, 4.69) is 180 Å². The van der Waals surface area contributed by atoms with Crippen LogP contribution in [0.25, 0.3) is 87.8 Å². The molecular formula is C103H96N8O4. The molecule has 12 aromatic carbocycles. The minimum Gasteiger partial charge on any atom is -0.454 e. The number of anilines is 8. The molecule has 0 bridgehead atoms. The lowest BCUT2D eigenvalue weighted by atomic mass is 9.71. The fourth-order valence-corrected chi connectivity index (χ4v) is 17.5. The molecule has 0 aliphatic heterocycles. The van der Waals surface area contributed by atoms with E-state index in [9.17, 15) is 1.37 Å². The minimum absolute atomic E-state index is 0.201. The molecule has 3 fully saturated rings. The SMILES string of the molecule is CN(c1ccc(C#N)cc1)c1cccc2c1oc1c(C3(C)CCCC3)cccc12.[2H]C(C)(C)c1cccc2c1oc1c(N(C)c3ccc(C#N)cc3)cccc12.[2H]C1(c2cccc3c2oc2c(N(C)c4ccc(C#N)cc4)cccc23)CCC(C)(C)CC1.[2H]C1(c2cccc3c2oc2c(N(C)c4ccc(C#N)cc4)cccc23)CCCCC1. The molecular weight excluding hydrogens is 1410 g/mol. The first kappa shape index (κ1) is 72.3. The lowest BCUT2D eigenvalue weighted by molar-refractivity contribution is 0.224. The average Bonchev–Trinajstić information content (AvgIpc) is 1.61. The molecule has 0 N–H and O–H groups in total. The predicted octanol–water partition coefficient (Wildman–Crippen LogP) is 28.6. The second kappa shape index (κ2) is 32.2.